The van der Waals surface area contributed by atoms with E-state index in [0.29, 0.717) is 6.10 Å². The largest absolute Gasteiger partial charge is 0.377 e. The number of methoxy groups -OCH3 is 1. The summed E-state index contributed by atoms with van der Waals surface area (Å²) in [5.41, 5.74) is 0. The molecule has 0 rings (SSSR count). The van der Waals surface area contributed by atoms with E-state index >= 15 is 0 Å². The Hall–Kier alpha value is -0.300. The predicted octanol–water partition coefficient (Wildman–Crippen LogP) is 8.62. The second kappa shape index (κ2) is 21.7. The summed E-state index contributed by atoms with van der Waals surface area (Å²) in [6.07, 6.45) is 30.0. The fourth-order valence-electron chi connectivity index (χ4n) is 3.40. The smallest absolute Gasteiger partial charge is 0.0752 e. The Labute approximate surface area is 160 Å². The van der Waals surface area contributed by atoms with Crippen molar-refractivity contribution in [3.05, 3.63) is 12.2 Å². The Morgan fingerprint density at radius 1 is 0.600 bits per heavy atom. The zero-order valence-electron chi connectivity index (χ0n) is 17.9. The summed E-state index contributed by atoms with van der Waals surface area (Å²) in [4.78, 5) is 0. The van der Waals surface area contributed by atoms with Gasteiger partial charge in [0.1, 0.15) is 0 Å². The zero-order valence-corrected chi connectivity index (χ0v) is 17.9. The Morgan fingerprint density at radius 3 is 1.48 bits per heavy atom. The number of allylic oxidation sites excluding steroid dienone is 1. The molecule has 25 heavy (non-hydrogen) atoms. The average Bonchev–Trinajstić information content (AvgIpc) is 2.63. The quantitative estimate of drug-likeness (QED) is 0.157. The lowest BCUT2D eigenvalue weighted by Gasteiger charge is -2.09. The van der Waals surface area contributed by atoms with Crippen molar-refractivity contribution < 1.29 is 4.74 Å². The molecule has 0 aliphatic carbocycles. The lowest BCUT2D eigenvalue weighted by atomic mass is 10.0. The van der Waals surface area contributed by atoms with E-state index in [2.05, 4.69) is 26.0 Å². The van der Waals surface area contributed by atoms with Crippen molar-refractivity contribution in [2.24, 2.45) is 0 Å². The van der Waals surface area contributed by atoms with Gasteiger partial charge in [-0.2, -0.15) is 0 Å². The molecule has 0 saturated heterocycles. The average molecular weight is 353 g/mol. The minimum absolute atomic E-state index is 0.339. The molecule has 1 heteroatoms. The Bertz CT molecular complexity index is 259. The van der Waals surface area contributed by atoms with E-state index in [9.17, 15) is 0 Å². The van der Waals surface area contributed by atoms with Gasteiger partial charge in [-0.25, -0.2) is 0 Å². The van der Waals surface area contributed by atoms with Crippen LogP contribution in [0.3, 0.4) is 0 Å². The molecular weight excluding hydrogens is 304 g/mol. The summed E-state index contributed by atoms with van der Waals surface area (Å²) in [6.45, 7) is 4.53. The second-order valence-corrected chi connectivity index (χ2v) is 7.73. The topological polar surface area (TPSA) is 9.23 Å². The van der Waals surface area contributed by atoms with Crippen LogP contribution in [0.5, 0.6) is 0 Å². The first-order chi connectivity index (χ1) is 12.3. The SMILES string of the molecule is CCCCCCCCCCCCCCCC/C=C/C(CCCC)OC. The molecule has 1 nitrogen and oxygen atoms in total. The second-order valence-electron chi connectivity index (χ2n) is 7.73. The molecular formula is C24H48O. The maximum atomic E-state index is 5.49. The van der Waals surface area contributed by atoms with Crippen molar-refractivity contribution in [3.8, 4) is 0 Å². The molecule has 1 atom stereocenters. The van der Waals surface area contributed by atoms with E-state index in [1.54, 1.807) is 0 Å². The van der Waals surface area contributed by atoms with E-state index < -0.39 is 0 Å². The van der Waals surface area contributed by atoms with Crippen LogP contribution >= 0.6 is 0 Å². The summed E-state index contributed by atoms with van der Waals surface area (Å²) in [7, 11) is 1.83. The monoisotopic (exact) mass is 352 g/mol. The number of unbranched alkanes of at least 4 members (excludes halogenated alkanes) is 15. The standard InChI is InChI=1S/C24H48O/c1-4-6-8-9-10-11-12-13-14-15-16-17-18-19-20-21-23-24(25-3)22-7-5-2/h21,23-24H,4-20,22H2,1-3H3/b23-21+. The highest BCUT2D eigenvalue weighted by Gasteiger charge is 2.00. The van der Waals surface area contributed by atoms with E-state index in [4.69, 9.17) is 4.74 Å². The van der Waals surface area contributed by atoms with Crippen LogP contribution in [-0.4, -0.2) is 13.2 Å². The third-order valence-corrected chi connectivity index (χ3v) is 5.22. The third-order valence-electron chi connectivity index (χ3n) is 5.22. The van der Waals surface area contributed by atoms with Crippen LogP contribution in [-0.2, 0) is 4.74 Å². The first-order valence-electron chi connectivity index (χ1n) is 11.5. The molecule has 0 saturated carbocycles. The molecule has 0 aromatic rings. The van der Waals surface area contributed by atoms with Crippen LogP contribution in [0.1, 0.15) is 129 Å². The van der Waals surface area contributed by atoms with E-state index in [0.717, 1.165) is 0 Å². The number of hydrogen-bond acceptors (Lipinski definition) is 1. The summed E-state index contributed by atoms with van der Waals surface area (Å²) in [6, 6.07) is 0. The Balaban J connectivity index is 3.20. The predicted molar refractivity (Wildman–Crippen MR) is 114 cm³/mol. The molecule has 0 aliphatic heterocycles. The van der Waals surface area contributed by atoms with Crippen LogP contribution in [0.4, 0.5) is 0 Å². The van der Waals surface area contributed by atoms with Crippen molar-refractivity contribution in [1.29, 1.82) is 0 Å². The summed E-state index contributed by atoms with van der Waals surface area (Å²) < 4.78 is 5.49. The maximum Gasteiger partial charge on any atom is 0.0752 e. The van der Waals surface area contributed by atoms with E-state index in [1.165, 1.54) is 116 Å². The molecule has 0 heterocycles. The minimum Gasteiger partial charge on any atom is -0.377 e. The molecule has 0 aromatic heterocycles. The van der Waals surface area contributed by atoms with Gasteiger partial charge in [-0.3, -0.25) is 0 Å². The summed E-state index contributed by atoms with van der Waals surface area (Å²) in [5, 5.41) is 0. The van der Waals surface area contributed by atoms with Gasteiger partial charge in [0, 0.05) is 7.11 Å². The van der Waals surface area contributed by atoms with E-state index in [1.807, 2.05) is 7.11 Å². The number of rotatable bonds is 20. The molecule has 0 aliphatic rings. The van der Waals surface area contributed by atoms with Crippen LogP contribution in [0, 0.1) is 0 Å². The van der Waals surface area contributed by atoms with Crippen molar-refractivity contribution in [2.75, 3.05) is 7.11 Å². The molecule has 150 valence electrons. The highest BCUT2D eigenvalue weighted by atomic mass is 16.5. The van der Waals surface area contributed by atoms with Gasteiger partial charge in [-0.15, -0.1) is 0 Å². The highest BCUT2D eigenvalue weighted by Crippen LogP contribution is 2.13. The maximum absolute atomic E-state index is 5.49. The third kappa shape index (κ3) is 19.9. The van der Waals surface area contributed by atoms with Gasteiger partial charge in [-0.05, 0) is 19.3 Å². The van der Waals surface area contributed by atoms with Gasteiger partial charge >= 0.3 is 0 Å². The molecule has 0 amide bonds. The molecule has 0 fully saturated rings. The fraction of sp³-hybridized carbons (Fsp3) is 0.917. The van der Waals surface area contributed by atoms with Crippen molar-refractivity contribution in [1.82, 2.24) is 0 Å². The van der Waals surface area contributed by atoms with Crippen LogP contribution in [0.2, 0.25) is 0 Å². The highest BCUT2D eigenvalue weighted by molar-refractivity contribution is 4.89. The van der Waals surface area contributed by atoms with Gasteiger partial charge in [-0.1, -0.05) is 122 Å². The van der Waals surface area contributed by atoms with Crippen LogP contribution in [0.25, 0.3) is 0 Å². The number of ether oxygens (including phenoxy) is 1. The molecule has 0 spiro atoms. The fourth-order valence-corrected chi connectivity index (χ4v) is 3.40. The van der Waals surface area contributed by atoms with Crippen molar-refractivity contribution >= 4 is 0 Å². The van der Waals surface area contributed by atoms with Gasteiger partial charge < -0.3 is 4.74 Å². The summed E-state index contributed by atoms with van der Waals surface area (Å²) in [5.74, 6) is 0. The Kier molecular flexibility index (Phi) is 21.5. The lowest BCUT2D eigenvalue weighted by molar-refractivity contribution is 0.131. The normalized spacial score (nSPS) is 12.9. The summed E-state index contributed by atoms with van der Waals surface area (Å²) >= 11 is 0. The van der Waals surface area contributed by atoms with E-state index in [-0.39, 0.29) is 0 Å². The molecule has 0 bridgehead atoms. The lowest BCUT2D eigenvalue weighted by Crippen LogP contribution is -2.05. The van der Waals surface area contributed by atoms with Gasteiger partial charge in [0.2, 0.25) is 0 Å². The molecule has 0 aromatic carbocycles. The first kappa shape index (κ1) is 24.7. The van der Waals surface area contributed by atoms with Gasteiger partial charge in [0.05, 0.1) is 6.10 Å². The van der Waals surface area contributed by atoms with Crippen molar-refractivity contribution in [3.63, 3.8) is 0 Å². The van der Waals surface area contributed by atoms with Crippen LogP contribution < -0.4 is 0 Å². The van der Waals surface area contributed by atoms with Crippen molar-refractivity contribution in [2.45, 2.75) is 136 Å². The minimum atomic E-state index is 0.339. The van der Waals surface area contributed by atoms with Gasteiger partial charge in [0.25, 0.3) is 0 Å². The number of hydrogen-bond donors (Lipinski definition) is 0. The zero-order chi connectivity index (χ0) is 18.4. The molecule has 1 unspecified atom stereocenters. The molecule has 0 radical (unpaired) electrons. The first-order valence-corrected chi connectivity index (χ1v) is 11.5. The van der Waals surface area contributed by atoms with Crippen LogP contribution in [0.15, 0.2) is 12.2 Å². The Morgan fingerprint density at radius 2 is 1.04 bits per heavy atom. The van der Waals surface area contributed by atoms with Gasteiger partial charge in [0.15, 0.2) is 0 Å². The molecule has 0 N–H and O–H groups in total.